The van der Waals surface area contributed by atoms with Gasteiger partial charge in [0.1, 0.15) is 5.76 Å². The van der Waals surface area contributed by atoms with Crippen LogP contribution in [0.15, 0.2) is 65.8 Å². The van der Waals surface area contributed by atoms with E-state index in [-0.39, 0.29) is 6.04 Å². The van der Waals surface area contributed by atoms with E-state index in [0.717, 1.165) is 23.6 Å². The molecule has 0 bridgehead atoms. The van der Waals surface area contributed by atoms with Crippen molar-refractivity contribution in [3.05, 3.63) is 67.1 Å². The van der Waals surface area contributed by atoms with Crippen LogP contribution < -0.4 is 5.32 Å². The Morgan fingerprint density at radius 3 is 2.95 bits per heavy atom. The molecule has 3 rings (SSSR count). The third kappa shape index (κ3) is 2.59. The van der Waals surface area contributed by atoms with Crippen molar-refractivity contribution in [1.29, 1.82) is 0 Å². The normalized spacial score (nSPS) is 12.2. The van der Waals surface area contributed by atoms with Gasteiger partial charge in [-0.25, -0.2) is 4.98 Å². The van der Waals surface area contributed by atoms with E-state index < -0.39 is 0 Å². The lowest BCUT2D eigenvalue weighted by Gasteiger charge is -2.16. The number of benzene rings is 1. The monoisotopic (exact) mass is 267 g/mol. The molecule has 3 aromatic rings. The predicted molar refractivity (Wildman–Crippen MR) is 78.9 cm³/mol. The average Bonchev–Trinajstić information content (AvgIpc) is 3.17. The smallest absolute Gasteiger partial charge is 0.125 e. The van der Waals surface area contributed by atoms with Crippen LogP contribution in [0.2, 0.25) is 0 Å². The van der Waals surface area contributed by atoms with Crippen LogP contribution in [0.4, 0.5) is 5.69 Å². The molecule has 0 saturated heterocycles. The molecule has 1 atom stereocenters. The maximum absolute atomic E-state index is 5.48. The molecular formula is C16H17N3O. The molecule has 2 heterocycles. The van der Waals surface area contributed by atoms with Crippen molar-refractivity contribution in [2.45, 2.75) is 19.4 Å². The van der Waals surface area contributed by atoms with Crippen LogP contribution >= 0.6 is 0 Å². The van der Waals surface area contributed by atoms with E-state index in [0.29, 0.717) is 0 Å². The van der Waals surface area contributed by atoms with Crippen molar-refractivity contribution in [3.8, 4) is 5.69 Å². The van der Waals surface area contributed by atoms with Gasteiger partial charge in [-0.2, -0.15) is 0 Å². The molecule has 0 spiro atoms. The molecule has 102 valence electrons. The molecule has 4 heteroatoms. The van der Waals surface area contributed by atoms with Gasteiger partial charge in [0.25, 0.3) is 0 Å². The standard InChI is InChI=1S/C16H17N3O/c1-2-15(16-7-4-10-20-16)18-13-5-3-6-14(11-13)19-9-8-17-12-19/h3-12,15,18H,2H2,1H3. The zero-order chi connectivity index (χ0) is 13.8. The highest BCUT2D eigenvalue weighted by Crippen LogP contribution is 2.24. The van der Waals surface area contributed by atoms with Crippen molar-refractivity contribution in [2.75, 3.05) is 5.32 Å². The number of rotatable bonds is 5. The fraction of sp³-hybridized carbons (Fsp3) is 0.188. The molecule has 0 aliphatic heterocycles. The minimum absolute atomic E-state index is 0.183. The van der Waals surface area contributed by atoms with Crippen LogP contribution in [0.1, 0.15) is 25.1 Å². The summed E-state index contributed by atoms with van der Waals surface area (Å²) in [5.41, 5.74) is 2.15. The topological polar surface area (TPSA) is 43.0 Å². The Labute approximate surface area is 118 Å². The predicted octanol–water partition coefficient (Wildman–Crippen LogP) is 4.03. The summed E-state index contributed by atoms with van der Waals surface area (Å²) >= 11 is 0. The van der Waals surface area contributed by atoms with Crippen LogP contribution in [-0.4, -0.2) is 9.55 Å². The highest BCUT2D eigenvalue weighted by Gasteiger charge is 2.11. The van der Waals surface area contributed by atoms with Crippen molar-refractivity contribution in [3.63, 3.8) is 0 Å². The van der Waals surface area contributed by atoms with Crippen molar-refractivity contribution in [2.24, 2.45) is 0 Å². The van der Waals surface area contributed by atoms with Crippen molar-refractivity contribution in [1.82, 2.24) is 9.55 Å². The summed E-state index contributed by atoms with van der Waals surface area (Å²) in [5.74, 6) is 0.959. The van der Waals surface area contributed by atoms with E-state index in [9.17, 15) is 0 Å². The van der Waals surface area contributed by atoms with E-state index in [1.807, 2.05) is 29.0 Å². The maximum atomic E-state index is 5.48. The number of aromatic nitrogens is 2. The first-order valence-electron chi connectivity index (χ1n) is 6.75. The Bertz CT molecular complexity index is 644. The molecule has 0 fully saturated rings. The zero-order valence-corrected chi connectivity index (χ0v) is 11.4. The summed E-state index contributed by atoms with van der Waals surface area (Å²) in [7, 11) is 0. The van der Waals surface area contributed by atoms with E-state index in [1.54, 1.807) is 18.8 Å². The Morgan fingerprint density at radius 1 is 1.30 bits per heavy atom. The van der Waals surface area contributed by atoms with Gasteiger partial charge in [0.15, 0.2) is 0 Å². The average molecular weight is 267 g/mol. The molecule has 20 heavy (non-hydrogen) atoms. The van der Waals surface area contributed by atoms with E-state index in [1.165, 1.54) is 0 Å². The Kier molecular flexibility index (Phi) is 3.54. The molecule has 2 aromatic heterocycles. The van der Waals surface area contributed by atoms with Crippen molar-refractivity contribution < 1.29 is 4.42 Å². The van der Waals surface area contributed by atoms with Gasteiger partial charge in [-0.15, -0.1) is 0 Å². The van der Waals surface area contributed by atoms with Gasteiger partial charge in [-0.05, 0) is 36.8 Å². The molecular weight excluding hydrogens is 250 g/mol. The minimum atomic E-state index is 0.183. The largest absolute Gasteiger partial charge is 0.467 e. The van der Waals surface area contributed by atoms with E-state index in [4.69, 9.17) is 4.42 Å². The first-order valence-corrected chi connectivity index (χ1v) is 6.75. The van der Waals surface area contributed by atoms with Crippen LogP contribution in [0.25, 0.3) is 5.69 Å². The zero-order valence-electron chi connectivity index (χ0n) is 11.4. The van der Waals surface area contributed by atoms with Gasteiger partial charge < -0.3 is 14.3 Å². The second-order valence-electron chi connectivity index (χ2n) is 4.64. The lowest BCUT2D eigenvalue weighted by atomic mass is 10.1. The second-order valence-corrected chi connectivity index (χ2v) is 4.64. The summed E-state index contributed by atoms with van der Waals surface area (Å²) in [6.45, 7) is 2.14. The molecule has 4 nitrogen and oxygen atoms in total. The molecule has 0 radical (unpaired) electrons. The van der Waals surface area contributed by atoms with Crippen molar-refractivity contribution >= 4 is 5.69 Å². The maximum Gasteiger partial charge on any atom is 0.125 e. The molecule has 0 saturated carbocycles. The molecule has 1 N–H and O–H groups in total. The lowest BCUT2D eigenvalue weighted by molar-refractivity contribution is 0.474. The number of hydrogen-bond donors (Lipinski definition) is 1. The third-order valence-electron chi connectivity index (χ3n) is 3.28. The molecule has 0 aliphatic carbocycles. The lowest BCUT2D eigenvalue weighted by Crippen LogP contribution is -2.09. The summed E-state index contributed by atoms with van der Waals surface area (Å²) in [6.07, 6.45) is 8.17. The highest BCUT2D eigenvalue weighted by atomic mass is 16.3. The van der Waals surface area contributed by atoms with Gasteiger partial charge in [0.05, 0.1) is 18.6 Å². The number of hydrogen-bond acceptors (Lipinski definition) is 3. The Morgan fingerprint density at radius 2 is 2.25 bits per heavy atom. The number of nitrogens with zero attached hydrogens (tertiary/aromatic N) is 2. The molecule has 1 unspecified atom stereocenters. The van der Waals surface area contributed by atoms with Gasteiger partial charge in [-0.1, -0.05) is 13.0 Å². The van der Waals surface area contributed by atoms with Crippen LogP contribution in [0.5, 0.6) is 0 Å². The first kappa shape index (κ1) is 12.5. The van der Waals surface area contributed by atoms with Crippen LogP contribution in [-0.2, 0) is 0 Å². The summed E-state index contributed by atoms with van der Waals surface area (Å²) < 4.78 is 7.47. The third-order valence-corrected chi connectivity index (χ3v) is 3.28. The SMILES string of the molecule is CCC(Nc1cccc(-n2ccnc2)c1)c1ccco1. The fourth-order valence-corrected chi connectivity index (χ4v) is 2.23. The van der Waals surface area contributed by atoms with Gasteiger partial charge in [-0.3, -0.25) is 0 Å². The summed E-state index contributed by atoms with van der Waals surface area (Å²) in [6, 6.07) is 12.4. The second kappa shape index (κ2) is 5.65. The van der Waals surface area contributed by atoms with E-state index >= 15 is 0 Å². The first-order chi connectivity index (χ1) is 9.86. The fourth-order valence-electron chi connectivity index (χ4n) is 2.23. The van der Waals surface area contributed by atoms with Gasteiger partial charge >= 0.3 is 0 Å². The molecule has 0 amide bonds. The van der Waals surface area contributed by atoms with Gasteiger partial charge in [0.2, 0.25) is 0 Å². The highest BCUT2D eigenvalue weighted by molar-refractivity contribution is 5.52. The van der Waals surface area contributed by atoms with Crippen LogP contribution in [0.3, 0.4) is 0 Å². The number of nitrogens with one attached hydrogen (secondary N) is 1. The van der Waals surface area contributed by atoms with Crippen LogP contribution in [0, 0.1) is 0 Å². The summed E-state index contributed by atoms with van der Waals surface area (Å²) in [5, 5.41) is 3.51. The number of imidazole rings is 1. The quantitative estimate of drug-likeness (QED) is 0.759. The molecule has 1 aromatic carbocycles. The number of furan rings is 1. The Balaban J connectivity index is 1.82. The minimum Gasteiger partial charge on any atom is -0.467 e. The van der Waals surface area contributed by atoms with Gasteiger partial charge in [0, 0.05) is 23.8 Å². The Hall–Kier alpha value is -2.49. The number of anilines is 1. The summed E-state index contributed by atoms with van der Waals surface area (Å²) in [4.78, 5) is 4.07. The van der Waals surface area contributed by atoms with E-state index in [2.05, 4.69) is 35.4 Å². The molecule has 0 aliphatic rings.